The molecule has 5 nitrogen and oxygen atoms in total. The van der Waals surface area contributed by atoms with Gasteiger partial charge in [-0.25, -0.2) is 13.2 Å². The highest BCUT2D eigenvalue weighted by molar-refractivity contribution is 7.89. The molecule has 0 saturated carbocycles. The van der Waals surface area contributed by atoms with Gasteiger partial charge in [0.25, 0.3) is 0 Å². The van der Waals surface area contributed by atoms with Crippen molar-refractivity contribution in [3.63, 3.8) is 0 Å². The summed E-state index contributed by atoms with van der Waals surface area (Å²) in [7, 11) is -2.19. The molecule has 0 aliphatic heterocycles. The Morgan fingerprint density at radius 2 is 1.94 bits per heavy atom. The molecule has 0 fully saturated rings. The molecule has 1 N–H and O–H groups in total. The molecular formula is C11H14ClNO4S. The summed E-state index contributed by atoms with van der Waals surface area (Å²) in [5.74, 6) is -1.19. The van der Waals surface area contributed by atoms with Gasteiger partial charge in [0, 0.05) is 13.1 Å². The van der Waals surface area contributed by atoms with Crippen molar-refractivity contribution in [3.8, 4) is 0 Å². The molecule has 0 amide bonds. The lowest BCUT2D eigenvalue weighted by Crippen LogP contribution is -2.33. The quantitative estimate of drug-likeness (QED) is 0.921. The van der Waals surface area contributed by atoms with E-state index in [0.29, 0.717) is 0 Å². The van der Waals surface area contributed by atoms with E-state index in [2.05, 4.69) is 0 Å². The number of nitrogens with zero attached hydrogens (tertiary/aromatic N) is 1. The van der Waals surface area contributed by atoms with E-state index in [1.807, 2.05) is 0 Å². The number of carboxylic acids is 1. The van der Waals surface area contributed by atoms with Crippen LogP contribution in [-0.4, -0.2) is 36.9 Å². The molecular weight excluding hydrogens is 278 g/mol. The van der Waals surface area contributed by atoms with Gasteiger partial charge in [-0.1, -0.05) is 11.6 Å². The van der Waals surface area contributed by atoms with Gasteiger partial charge in [-0.05, 0) is 32.0 Å². The van der Waals surface area contributed by atoms with Crippen molar-refractivity contribution >= 4 is 27.6 Å². The third-order valence-electron chi connectivity index (χ3n) is 2.58. The summed E-state index contributed by atoms with van der Waals surface area (Å²) < 4.78 is 25.4. The van der Waals surface area contributed by atoms with E-state index in [-0.39, 0.29) is 21.5 Å². The fraction of sp³-hybridized carbons (Fsp3) is 0.364. The number of benzene rings is 1. The monoisotopic (exact) mass is 291 g/mol. The molecule has 100 valence electrons. The van der Waals surface area contributed by atoms with Gasteiger partial charge >= 0.3 is 5.97 Å². The Kier molecular flexibility index (Phi) is 4.37. The topological polar surface area (TPSA) is 74.7 Å². The number of sulfonamides is 1. The Bertz CT molecular complexity index is 568. The SMILES string of the molecule is CC(C)N(C)S(=O)(=O)c1ccc(C(=O)O)c(Cl)c1. The average Bonchev–Trinajstić information content (AvgIpc) is 2.27. The Hall–Kier alpha value is -1.11. The van der Waals surface area contributed by atoms with Crippen LogP contribution in [0.1, 0.15) is 24.2 Å². The summed E-state index contributed by atoms with van der Waals surface area (Å²) >= 11 is 5.75. The lowest BCUT2D eigenvalue weighted by molar-refractivity contribution is 0.0697. The maximum absolute atomic E-state index is 12.1. The predicted octanol–water partition coefficient (Wildman–Crippen LogP) is 2.07. The van der Waals surface area contributed by atoms with Crippen LogP contribution in [0.15, 0.2) is 23.1 Å². The normalized spacial score (nSPS) is 12.1. The summed E-state index contributed by atoms with van der Waals surface area (Å²) in [6.07, 6.45) is 0. The highest BCUT2D eigenvalue weighted by Crippen LogP contribution is 2.23. The minimum Gasteiger partial charge on any atom is -0.478 e. The fourth-order valence-electron chi connectivity index (χ4n) is 1.27. The van der Waals surface area contributed by atoms with E-state index in [1.54, 1.807) is 13.8 Å². The standard InChI is InChI=1S/C11H14ClNO4S/c1-7(2)13(3)18(16,17)8-4-5-9(11(14)15)10(12)6-8/h4-7H,1-3H3,(H,14,15). The van der Waals surface area contributed by atoms with Crippen LogP contribution in [0, 0.1) is 0 Å². The smallest absolute Gasteiger partial charge is 0.337 e. The zero-order valence-corrected chi connectivity index (χ0v) is 11.8. The van der Waals surface area contributed by atoms with Gasteiger partial charge < -0.3 is 5.11 Å². The molecule has 1 aromatic carbocycles. The van der Waals surface area contributed by atoms with Crippen LogP contribution >= 0.6 is 11.6 Å². The van der Waals surface area contributed by atoms with E-state index in [9.17, 15) is 13.2 Å². The summed E-state index contributed by atoms with van der Waals surface area (Å²) in [6, 6.07) is 3.38. The summed E-state index contributed by atoms with van der Waals surface area (Å²) in [6.45, 7) is 3.48. The van der Waals surface area contributed by atoms with Crippen molar-refractivity contribution < 1.29 is 18.3 Å². The molecule has 0 atom stereocenters. The van der Waals surface area contributed by atoms with E-state index in [4.69, 9.17) is 16.7 Å². The first-order valence-corrected chi connectivity index (χ1v) is 7.00. The molecule has 0 saturated heterocycles. The van der Waals surface area contributed by atoms with Gasteiger partial charge in [-0.15, -0.1) is 0 Å². The van der Waals surface area contributed by atoms with Gasteiger partial charge in [0.05, 0.1) is 15.5 Å². The summed E-state index contributed by atoms with van der Waals surface area (Å²) in [4.78, 5) is 10.8. The van der Waals surface area contributed by atoms with Crippen LogP contribution in [0.5, 0.6) is 0 Å². The second-order valence-corrected chi connectivity index (χ2v) is 6.47. The minimum atomic E-state index is -3.65. The molecule has 0 bridgehead atoms. The van der Waals surface area contributed by atoms with Gasteiger partial charge in [0.1, 0.15) is 0 Å². The first kappa shape index (κ1) is 14.9. The third-order valence-corrected chi connectivity index (χ3v) is 4.92. The Morgan fingerprint density at radius 1 is 1.39 bits per heavy atom. The predicted molar refractivity (Wildman–Crippen MR) is 68.5 cm³/mol. The number of carboxylic acid groups (broad SMARTS) is 1. The zero-order chi connectivity index (χ0) is 14.1. The van der Waals surface area contributed by atoms with E-state index >= 15 is 0 Å². The van der Waals surface area contributed by atoms with Gasteiger partial charge in [-0.3, -0.25) is 0 Å². The molecule has 0 heterocycles. The van der Waals surface area contributed by atoms with Crippen molar-refractivity contribution in [3.05, 3.63) is 28.8 Å². The molecule has 0 unspecified atom stereocenters. The largest absolute Gasteiger partial charge is 0.478 e. The van der Waals surface area contributed by atoms with Crippen molar-refractivity contribution in [2.45, 2.75) is 24.8 Å². The van der Waals surface area contributed by atoms with Crippen LogP contribution in [0.4, 0.5) is 0 Å². The van der Waals surface area contributed by atoms with Crippen LogP contribution in [0.25, 0.3) is 0 Å². The Morgan fingerprint density at radius 3 is 2.33 bits per heavy atom. The Labute approximate surface area is 111 Å². The van der Waals surface area contributed by atoms with E-state index in [0.717, 1.165) is 6.07 Å². The van der Waals surface area contributed by atoms with Crippen molar-refractivity contribution in [1.29, 1.82) is 0 Å². The second kappa shape index (κ2) is 5.26. The maximum Gasteiger partial charge on any atom is 0.337 e. The zero-order valence-electron chi connectivity index (χ0n) is 10.2. The number of halogens is 1. The summed E-state index contributed by atoms with van der Waals surface area (Å²) in [5.41, 5.74) is -0.122. The summed E-state index contributed by atoms with van der Waals surface area (Å²) in [5, 5.41) is 8.72. The van der Waals surface area contributed by atoms with Crippen LogP contribution in [-0.2, 0) is 10.0 Å². The molecule has 7 heteroatoms. The second-order valence-electron chi connectivity index (χ2n) is 4.06. The third kappa shape index (κ3) is 2.82. The highest BCUT2D eigenvalue weighted by Gasteiger charge is 2.24. The highest BCUT2D eigenvalue weighted by atomic mass is 35.5. The number of hydrogen-bond acceptors (Lipinski definition) is 3. The van der Waals surface area contributed by atoms with Gasteiger partial charge in [0.2, 0.25) is 10.0 Å². The lowest BCUT2D eigenvalue weighted by atomic mass is 10.2. The molecule has 1 rings (SSSR count). The molecule has 0 aliphatic rings. The molecule has 0 aromatic heterocycles. The van der Waals surface area contributed by atoms with Crippen LogP contribution in [0.2, 0.25) is 5.02 Å². The van der Waals surface area contributed by atoms with Crippen molar-refractivity contribution in [2.24, 2.45) is 0 Å². The number of rotatable bonds is 4. The number of hydrogen-bond donors (Lipinski definition) is 1. The number of carbonyl (C=O) groups is 1. The molecule has 0 aliphatic carbocycles. The van der Waals surface area contributed by atoms with Gasteiger partial charge in [0.15, 0.2) is 0 Å². The van der Waals surface area contributed by atoms with Crippen LogP contribution < -0.4 is 0 Å². The first-order valence-electron chi connectivity index (χ1n) is 5.18. The minimum absolute atomic E-state index is 0.0197. The van der Waals surface area contributed by atoms with Crippen molar-refractivity contribution in [2.75, 3.05) is 7.05 Å². The van der Waals surface area contributed by atoms with Gasteiger partial charge in [-0.2, -0.15) is 4.31 Å². The molecule has 0 spiro atoms. The average molecular weight is 292 g/mol. The first-order chi connectivity index (χ1) is 8.17. The molecule has 1 aromatic rings. The maximum atomic E-state index is 12.1. The Balaban J connectivity index is 3.28. The fourth-order valence-corrected chi connectivity index (χ4v) is 2.99. The number of aromatic carboxylic acids is 1. The molecule has 18 heavy (non-hydrogen) atoms. The molecule has 0 radical (unpaired) electrons. The van der Waals surface area contributed by atoms with E-state index in [1.165, 1.54) is 23.5 Å². The van der Waals surface area contributed by atoms with E-state index < -0.39 is 16.0 Å². The van der Waals surface area contributed by atoms with Crippen LogP contribution in [0.3, 0.4) is 0 Å². The van der Waals surface area contributed by atoms with Crippen molar-refractivity contribution in [1.82, 2.24) is 4.31 Å². The lowest BCUT2D eigenvalue weighted by Gasteiger charge is -2.21.